The van der Waals surface area contributed by atoms with Crippen molar-refractivity contribution in [2.45, 2.75) is 7.43 Å². The van der Waals surface area contributed by atoms with Gasteiger partial charge in [-0.1, -0.05) is 7.43 Å². The van der Waals surface area contributed by atoms with Gasteiger partial charge in [-0.2, -0.15) is 0 Å². The van der Waals surface area contributed by atoms with Crippen molar-refractivity contribution in [1.82, 2.24) is 0 Å². The van der Waals surface area contributed by atoms with Crippen molar-refractivity contribution >= 4 is 21.8 Å². The molecule has 106 valence electrons. The van der Waals surface area contributed by atoms with Crippen LogP contribution >= 0.6 is 0 Å². The number of hydrogen-bond donors (Lipinski definition) is 0. The van der Waals surface area contributed by atoms with E-state index in [-0.39, 0.29) is 60.2 Å². The molecule has 0 aliphatic carbocycles. The van der Waals surface area contributed by atoms with Crippen molar-refractivity contribution in [1.29, 1.82) is 0 Å². The quantitative estimate of drug-likeness (QED) is 0.471. The Labute approximate surface area is 133 Å². The summed E-state index contributed by atoms with van der Waals surface area (Å²) >= 11 is 0. The zero-order valence-electron chi connectivity index (χ0n) is 8.27. The van der Waals surface area contributed by atoms with Crippen LogP contribution in [-0.2, 0) is 0 Å². The molecule has 0 N–H and O–H groups in total. The molecule has 0 fully saturated rings. The first-order valence-corrected chi connectivity index (χ1v) is 2.62. The average Bonchev–Trinajstić information content (AvgIpc) is 1.41. The zero-order valence-corrected chi connectivity index (χ0v) is 10.4. The van der Waals surface area contributed by atoms with Crippen LogP contribution < -0.4 is 51.4 Å². The van der Waals surface area contributed by atoms with Crippen LogP contribution in [0.25, 0.3) is 0 Å². The molecule has 16 heteroatoms. The van der Waals surface area contributed by atoms with Gasteiger partial charge in [-0.05, 0) is 0 Å². The second kappa shape index (κ2) is 12.0. The molecule has 0 spiro atoms. The first-order valence-electron chi connectivity index (χ1n) is 2.62. The van der Waals surface area contributed by atoms with Crippen molar-refractivity contribution in [3.8, 4) is 0 Å². The van der Waals surface area contributed by atoms with E-state index in [4.69, 9.17) is 0 Å². The molecule has 0 saturated carbocycles. The molecular weight excluding hydrogens is 312 g/mol. The topological polar surface area (TPSA) is 0 Å². The molecule has 17 heavy (non-hydrogen) atoms. The number of rotatable bonds is 0. The standard InChI is InChI=1S/CH4.3BF4.K.H/c;3*2-1(3,4)5;;/h1H4;;;;;/q;3*-1;+1;-1. The number of hydrogen-bond acceptors (Lipinski definition) is 0. The van der Waals surface area contributed by atoms with Gasteiger partial charge in [-0.3, -0.25) is 0 Å². The van der Waals surface area contributed by atoms with Crippen LogP contribution in [0, 0.1) is 0 Å². The van der Waals surface area contributed by atoms with E-state index in [1.807, 2.05) is 0 Å². The van der Waals surface area contributed by atoms with Crippen LogP contribution in [0.2, 0.25) is 0 Å². The maximum absolute atomic E-state index is 9.75. The maximum Gasteiger partial charge on any atom is 1.00 e. The maximum atomic E-state index is 9.75. The fourth-order valence-corrected chi connectivity index (χ4v) is 0. The average molecular weight is 317 g/mol. The van der Waals surface area contributed by atoms with E-state index in [0.29, 0.717) is 0 Å². The van der Waals surface area contributed by atoms with Crippen molar-refractivity contribution in [3.05, 3.63) is 0 Å². The second-order valence-corrected chi connectivity index (χ2v) is 1.48. The Balaban J connectivity index is -0.0000000277. The van der Waals surface area contributed by atoms with Gasteiger partial charge in [-0.15, -0.1) is 0 Å². The van der Waals surface area contributed by atoms with Gasteiger partial charge in [0.2, 0.25) is 0 Å². The van der Waals surface area contributed by atoms with Gasteiger partial charge in [0, 0.05) is 0 Å². The summed E-state index contributed by atoms with van der Waals surface area (Å²) in [5, 5.41) is 0. The minimum atomic E-state index is -6.00. The summed E-state index contributed by atoms with van der Waals surface area (Å²) in [5.74, 6) is 0. The Hall–Kier alpha value is 0.991. The van der Waals surface area contributed by atoms with Crippen LogP contribution in [0.4, 0.5) is 51.8 Å². The fourth-order valence-electron chi connectivity index (χ4n) is 0. The molecule has 0 nitrogen and oxygen atoms in total. The fraction of sp³-hybridized carbons (Fsp3) is 1.00. The zero-order chi connectivity index (χ0) is 13.5. The monoisotopic (exact) mass is 317 g/mol. The third-order valence-corrected chi connectivity index (χ3v) is 0. The molecule has 0 aromatic rings. The summed E-state index contributed by atoms with van der Waals surface area (Å²) < 4.78 is 117. The molecule has 0 amide bonds. The molecule has 0 aromatic carbocycles. The Kier molecular flexibility index (Phi) is 21.8. The van der Waals surface area contributed by atoms with Crippen LogP contribution in [0.1, 0.15) is 8.85 Å². The molecular formula is CH5B3F12K-3. The minimum absolute atomic E-state index is 0. The summed E-state index contributed by atoms with van der Waals surface area (Å²) in [7, 11) is -18.0. The van der Waals surface area contributed by atoms with E-state index in [0.717, 1.165) is 0 Å². The third-order valence-electron chi connectivity index (χ3n) is 0. The summed E-state index contributed by atoms with van der Waals surface area (Å²) in [5.41, 5.74) is 0. The molecule has 0 atom stereocenters. The first kappa shape index (κ1) is 30.8. The second-order valence-electron chi connectivity index (χ2n) is 1.48. The van der Waals surface area contributed by atoms with Gasteiger partial charge in [0.05, 0.1) is 0 Å². The molecule has 0 rings (SSSR count). The van der Waals surface area contributed by atoms with Crippen molar-refractivity contribution in [2.75, 3.05) is 0 Å². The normalized spacial score (nSPS) is 10.6. The van der Waals surface area contributed by atoms with Crippen LogP contribution in [0.5, 0.6) is 0 Å². The molecule has 0 aliphatic rings. The van der Waals surface area contributed by atoms with Crippen molar-refractivity contribution in [2.24, 2.45) is 0 Å². The summed E-state index contributed by atoms with van der Waals surface area (Å²) in [6.07, 6.45) is 0. The minimum Gasteiger partial charge on any atom is -1.00 e. The van der Waals surface area contributed by atoms with Crippen LogP contribution in [0.15, 0.2) is 0 Å². The Bertz CT molecular complexity index is 102. The largest absolute Gasteiger partial charge is 1.00 e. The van der Waals surface area contributed by atoms with E-state index in [1.165, 1.54) is 0 Å². The summed E-state index contributed by atoms with van der Waals surface area (Å²) in [6, 6.07) is 0. The van der Waals surface area contributed by atoms with Gasteiger partial charge < -0.3 is 53.2 Å². The van der Waals surface area contributed by atoms with E-state index in [1.54, 1.807) is 0 Å². The summed E-state index contributed by atoms with van der Waals surface area (Å²) in [6.45, 7) is 0. The summed E-state index contributed by atoms with van der Waals surface area (Å²) in [4.78, 5) is 0. The van der Waals surface area contributed by atoms with Crippen LogP contribution in [0.3, 0.4) is 0 Å². The molecule has 0 aliphatic heterocycles. The van der Waals surface area contributed by atoms with Crippen LogP contribution in [-0.4, -0.2) is 21.8 Å². The van der Waals surface area contributed by atoms with E-state index in [2.05, 4.69) is 0 Å². The van der Waals surface area contributed by atoms with Gasteiger partial charge in [0.1, 0.15) is 0 Å². The predicted molar refractivity (Wildman–Crippen MR) is 38.4 cm³/mol. The van der Waals surface area contributed by atoms with E-state index in [9.17, 15) is 51.8 Å². The van der Waals surface area contributed by atoms with Crippen molar-refractivity contribution in [3.63, 3.8) is 0 Å². The van der Waals surface area contributed by atoms with E-state index < -0.39 is 21.8 Å². The SMILES string of the molecule is C.F[B-](F)(F)F.F[B-](F)(F)F.F[B-](F)(F)F.[H-].[K+]. The Morgan fingerprint density at radius 3 is 0.412 bits per heavy atom. The molecule has 0 heterocycles. The van der Waals surface area contributed by atoms with E-state index >= 15 is 0 Å². The first-order chi connectivity index (χ1) is 6.00. The predicted octanol–water partition coefficient (Wildman–Crippen LogP) is 1.65. The van der Waals surface area contributed by atoms with Crippen molar-refractivity contribution < 1.29 is 105 Å². The van der Waals surface area contributed by atoms with Gasteiger partial charge in [-0.25, -0.2) is 0 Å². The Morgan fingerprint density at radius 2 is 0.412 bits per heavy atom. The third kappa shape index (κ3) is 3890. The Morgan fingerprint density at radius 1 is 0.412 bits per heavy atom. The molecule has 0 aromatic heterocycles. The van der Waals surface area contributed by atoms with Gasteiger partial charge in [0.15, 0.2) is 0 Å². The van der Waals surface area contributed by atoms with Gasteiger partial charge in [0.25, 0.3) is 0 Å². The smallest absolute Gasteiger partial charge is 1.00 e. The molecule has 0 unspecified atom stereocenters. The number of halogens is 12. The van der Waals surface area contributed by atoms with Gasteiger partial charge >= 0.3 is 73.1 Å². The molecule has 0 bridgehead atoms. The molecule has 0 saturated heterocycles. The molecule has 0 radical (unpaired) electrons.